The molecule has 2 aliphatic rings. The maximum absolute atomic E-state index is 13.3. The Morgan fingerprint density at radius 3 is 2.31 bits per heavy atom. The van der Waals surface area contributed by atoms with Crippen molar-refractivity contribution >= 4 is 5.97 Å². The molecule has 2 saturated carbocycles. The van der Waals surface area contributed by atoms with Crippen molar-refractivity contribution in [3.05, 3.63) is 35.4 Å². The Balaban J connectivity index is 1.79. The Morgan fingerprint density at radius 2 is 1.69 bits per heavy atom. The molecule has 0 amide bonds. The molecule has 1 aromatic carbocycles. The fourth-order valence-electron chi connectivity index (χ4n) is 5.14. The van der Waals surface area contributed by atoms with Gasteiger partial charge in [-0.2, -0.15) is 0 Å². The third kappa shape index (κ3) is 4.50. The highest BCUT2D eigenvalue weighted by Gasteiger charge is 2.38. The van der Waals surface area contributed by atoms with E-state index in [1.54, 1.807) is 0 Å². The van der Waals surface area contributed by atoms with E-state index in [-0.39, 0.29) is 18.0 Å². The third-order valence-electron chi connectivity index (χ3n) is 6.79. The highest BCUT2D eigenvalue weighted by atomic mass is 16.5. The standard InChI is InChI=1S/C24H36O2/c1-16(2)21-14-11-18(4)15-22(21)26-24(25)23(19-7-5-6-8-19)20-12-9-17(3)10-13-20/h9-10,12-13,16,18-19,21-23H,5-8,11,14-15H2,1-4H3/t18-,21+,22-,23+/m1/s1. The molecule has 0 spiro atoms. The molecule has 144 valence electrons. The summed E-state index contributed by atoms with van der Waals surface area (Å²) < 4.78 is 6.26. The summed E-state index contributed by atoms with van der Waals surface area (Å²) in [4.78, 5) is 13.3. The molecule has 0 unspecified atom stereocenters. The maximum Gasteiger partial charge on any atom is 0.313 e. The molecule has 2 fully saturated rings. The lowest BCUT2D eigenvalue weighted by Crippen LogP contribution is -2.37. The van der Waals surface area contributed by atoms with Crippen molar-refractivity contribution < 1.29 is 9.53 Å². The van der Waals surface area contributed by atoms with Crippen LogP contribution < -0.4 is 0 Å². The van der Waals surface area contributed by atoms with Gasteiger partial charge < -0.3 is 4.74 Å². The van der Waals surface area contributed by atoms with Crippen LogP contribution in [0.2, 0.25) is 0 Å². The highest BCUT2D eigenvalue weighted by Crippen LogP contribution is 2.41. The molecule has 2 nitrogen and oxygen atoms in total. The summed E-state index contributed by atoms with van der Waals surface area (Å²) in [6.07, 6.45) is 8.38. The Labute approximate surface area is 159 Å². The first-order valence-electron chi connectivity index (χ1n) is 10.7. The third-order valence-corrected chi connectivity index (χ3v) is 6.79. The van der Waals surface area contributed by atoms with Crippen LogP contribution in [-0.4, -0.2) is 12.1 Å². The fraction of sp³-hybridized carbons (Fsp3) is 0.708. The molecule has 0 N–H and O–H groups in total. The van der Waals surface area contributed by atoms with E-state index in [2.05, 4.69) is 52.0 Å². The Kier molecular flexibility index (Phi) is 6.42. The first-order chi connectivity index (χ1) is 12.5. The minimum atomic E-state index is -0.0804. The van der Waals surface area contributed by atoms with Crippen LogP contribution in [0.15, 0.2) is 24.3 Å². The van der Waals surface area contributed by atoms with Crippen LogP contribution in [-0.2, 0) is 9.53 Å². The first kappa shape index (κ1) is 19.5. The van der Waals surface area contributed by atoms with Gasteiger partial charge in [-0.1, -0.05) is 69.9 Å². The SMILES string of the molecule is Cc1ccc([C@@H](C(=O)O[C@@H]2C[C@H](C)CC[C@H]2C(C)C)C2CCCC2)cc1. The Bertz CT molecular complexity index is 583. The molecule has 4 atom stereocenters. The second-order valence-electron chi connectivity index (χ2n) is 9.23. The number of carbonyl (C=O) groups is 1. The Hall–Kier alpha value is -1.31. The second-order valence-corrected chi connectivity index (χ2v) is 9.23. The van der Waals surface area contributed by atoms with Gasteiger partial charge in [-0.3, -0.25) is 4.79 Å². The predicted molar refractivity (Wildman–Crippen MR) is 107 cm³/mol. The van der Waals surface area contributed by atoms with Crippen molar-refractivity contribution in [3.63, 3.8) is 0 Å². The van der Waals surface area contributed by atoms with Crippen LogP contribution in [0.25, 0.3) is 0 Å². The van der Waals surface area contributed by atoms with E-state index in [1.165, 1.54) is 31.2 Å². The van der Waals surface area contributed by atoms with Gasteiger partial charge >= 0.3 is 5.97 Å². The van der Waals surface area contributed by atoms with E-state index in [1.807, 2.05) is 0 Å². The van der Waals surface area contributed by atoms with E-state index in [4.69, 9.17) is 4.74 Å². The van der Waals surface area contributed by atoms with E-state index in [0.29, 0.717) is 23.7 Å². The molecular formula is C24H36O2. The van der Waals surface area contributed by atoms with Gasteiger partial charge in [-0.05, 0) is 61.8 Å². The summed E-state index contributed by atoms with van der Waals surface area (Å²) >= 11 is 0. The van der Waals surface area contributed by atoms with Gasteiger partial charge in [0.25, 0.3) is 0 Å². The molecule has 26 heavy (non-hydrogen) atoms. The minimum Gasteiger partial charge on any atom is -0.462 e. The lowest BCUT2D eigenvalue weighted by molar-refractivity contribution is -0.159. The summed E-state index contributed by atoms with van der Waals surface area (Å²) in [5.74, 6) is 2.14. The number of hydrogen-bond donors (Lipinski definition) is 0. The highest BCUT2D eigenvalue weighted by molar-refractivity contribution is 5.79. The number of hydrogen-bond acceptors (Lipinski definition) is 2. The van der Waals surface area contributed by atoms with Gasteiger partial charge in [0.2, 0.25) is 0 Å². The van der Waals surface area contributed by atoms with Gasteiger partial charge in [0, 0.05) is 0 Å². The number of carbonyl (C=O) groups excluding carboxylic acids is 1. The van der Waals surface area contributed by atoms with Crippen molar-refractivity contribution in [2.24, 2.45) is 23.7 Å². The van der Waals surface area contributed by atoms with E-state index in [9.17, 15) is 4.79 Å². The van der Waals surface area contributed by atoms with Crippen LogP contribution in [0.5, 0.6) is 0 Å². The monoisotopic (exact) mass is 356 g/mol. The first-order valence-corrected chi connectivity index (χ1v) is 10.7. The second kappa shape index (κ2) is 8.59. The molecule has 0 aliphatic heterocycles. The fourth-order valence-corrected chi connectivity index (χ4v) is 5.14. The minimum absolute atomic E-state index is 0.0329. The van der Waals surface area contributed by atoms with Crippen LogP contribution in [0.4, 0.5) is 0 Å². The summed E-state index contributed by atoms with van der Waals surface area (Å²) in [5, 5.41) is 0. The van der Waals surface area contributed by atoms with Crippen LogP contribution in [0.3, 0.4) is 0 Å². The maximum atomic E-state index is 13.3. The van der Waals surface area contributed by atoms with Crippen molar-refractivity contribution in [1.82, 2.24) is 0 Å². The van der Waals surface area contributed by atoms with Gasteiger partial charge in [-0.15, -0.1) is 0 Å². The summed E-state index contributed by atoms with van der Waals surface area (Å²) in [6.45, 7) is 8.95. The number of rotatable bonds is 5. The number of ether oxygens (including phenoxy) is 1. The van der Waals surface area contributed by atoms with Gasteiger partial charge in [0.05, 0.1) is 5.92 Å². The molecule has 2 heteroatoms. The summed E-state index contributed by atoms with van der Waals surface area (Å²) in [5.41, 5.74) is 2.39. The molecule has 3 rings (SSSR count). The molecule has 1 aromatic rings. The summed E-state index contributed by atoms with van der Waals surface area (Å²) in [6, 6.07) is 8.54. The number of esters is 1. The molecular weight excluding hydrogens is 320 g/mol. The molecule has 0 bridgehead atoms. The smallest absolute Gasteiger partial charge is 0.313 e. The molecule has 0 saturated heterocycles. The zero-order valence-electron chi connectivity index (χ0n) is 17.0. The molecule has 0 radical (unpaired) electrons. The lowest BCUT2D eigenvalue weighted by atomic mass is 9.75. The summed E-state index contributed by atoms with van der Waals surface area (Å²) in [7, 11) is 0. The topological polar surface area (TPSA) is 26.3 Å². The van der Waals surface area contributed by atoms with Gasteiger partial charge in [0.1, 0.15) is 6.10 Å². The van der Waals surface area contributed by atoms with Crippen LogP contribution in [0.1, 0.15) is 82.8 Å². The lowest BCUT2D eigenvalue weighted by Gasteiger charge is -2.37. The average Bonchev–Trinajstić information content (AvgIpc) is 3.10. The van der Waals surface area contributed by atoms with Crippen molar-refractivity contribution in [3.8, 4) is 0 Å². The van der Waals surface area contributed by atoms with Gasteiger partial charge in [-0.25, -0.2) is 0 Å². The van der Waals surface area contributed by atoms with Crippen molar-refractivity contribution in [2.45, 2.75) is 84.7 Å². The normalized spacial score (nSPS) is 28.3. The zero-order chi connectivity index (χ0) is 18.7. The zero-order valence-corrected chi connectivity index (χ0v) is 17.0. The van der Waals surface area contributed by atoms with Crippen LogP contribution >= 0.6 is 0 Å². The average molecular weight is 357 g/mol. The Morgan fingerprint density at radius 1 is 1.04 bits per heavy atom. The predicted octanol–water partition coefficient (Wildman–Crippen LogP) is 6.27. The quantitative estimate of drug-likeness (QED) is 0.581. The van der Waals surface area contributed by atoms with E-state index < -0.39 is 0 Å². The number of aryl methyl sites for hydroxylation is 1. The van der Waals surface area contributed by atoms with E-state index in [0.717, 1.165) is 24.8 Å². The number of benzene rings is 1. The molecule has 2 aliphatic carbocycles. The van der Waals surface area contributed by atoms with Crippen LogP contribution in [0, 0.1) is 30.6 Å². The largest absolute Gasteiger partial charge is 0.462 e. The molecule has 0 heterocycles. The van der Waals surface area contributed by atoms with Crippen molar-refractivity contribution in [1.29, 1.82) is 0 Å². The molecule has 0 aromatic heterocycles. The van der Waals surface area contributed by atoms with Crippen molar-refractivity contribution in [2.75, 3.05) is 0 Å². The van der Waals surface area contributed by atoms with Gasteiger partial charge in [0.15, 0.2) is 0 Å². The van der Waals surface area contributed by atoms with E-state index >= 15 is 0 Å².